The van der Waals surface area contributed by atoms with Crippen LogP contribution < -0.4 is 10.1 Å². The van der Waals surface area contributed by atoms with Crippen molar-refractivity contribution in [3.63, 3.8) is 0 Å². The maximum Gasteiger partial charge on any atom is 0.325 e. The van der Waals surface area contributed by atoms with Crippen molar-refractivity contribution in [2.45, 2.75) is 50.7 Å². The molecule has 1 spiro atoms. The van der Waals surface area contributed by atoms with Crippen molar-refractivity contribution in [3.05, 3.63) is 65.0 Å². The minimum absolute atomic E-state index is 0.0337. The van der Waals surface area contributed by atoms with E-state index in [0.29, 0.717) is 29.7 Å². The molecule has 1 unspecified atom stereocenters. The van der Waals surface area contributed by atoms with Crippen molar-refractivity contribution in [2.24, 2.45) is 0 Å². The quantitative estimate of drug-likeness (QED) is 0.802. The molecular weight excluding hydrogens is 375 g/mol. The predicted octanol–water partition coefficient (Wildman–Crippen LogP) is 3.80. The van der Waals surface area contributed by atoms with E-state index in [2.05, 4.69) is 5.32 Å². The van der Waals surface area contributed by atoms with Gasteiger partial charge < -0.3 is 14.8 Å². The number of halogens is 1. The lowest BCUT2D eigenvalue weighted by Crippen LogP contribution is -2.44. The van der Waals surface area contributed by atoms with Crippen LogP contribution in [0.15, 0.2) is 42.5 Å². The number of fused-ring (bicyclic) bond motifs is 1. The highest BCUT2D eigenvalue weighted by atomic mass is 19.1. The molecule has 5 rings (SSSR count). The topological polar surface area (TPSA) is 67.9 Å². The van der Waals surface area contributed by atoms with Gasteiger partial charge in [-0.15, -0.1) is 0 Å². The summed E-state index contributed by atoms with van der Waals surface area (Å²) in [5.41, 5.74) is 1.08. The summed E-state index contributed by atoms with van der Waals surface area (Å²) in [7, 11) is 0. The molecule has 0 bridgehead atoms. The molecule has 3 aliphatic rings. The van der Waals surface area contributed by atoms with Crippen LogP contribution in [0.25, 0.3) is 0 Å². The van der Waals surface area contributed by atoms with E-state index in [4.69, 9.17) is 9.47 Å². The number of benzene rings is 2. The van der Waals surface area contributed by atoms with Crippen molar-refractivity contribution < 1.29 is 23.5 Å². The Bertz CT molecular complexity index is 972. The van der Waals surface area contributed by atoms with Crippen LogP contribution in [0.5, 0.6) is 5.75 Å². The number of carbonyl (C=O) groups excluding carboxylic acids is 2. The second-order valence-electron chi connectivity index (χ2n) is 7.84. The third-order valence-corrected chi connectivity index (χ3v) is 5.93. The summed E-state index contributed by atoms with van der Waals surface area (Å²) in [4.78, 5) is 26.7. The van der Waals surface area contributed by atoms with Gasteiger partial charge in [-0.1, -0.05) is 43.2 Å². The van der Waals surface area contributed by atoms with E-state index < -0.39 is 23.7 Å². The van der Waals surface area contributed by atoms with E-state index in [1.807, 2.05) is 30.3 Å². The molecule has 3 amide bonds. The van der Waals surface area contributed by atoms with E-state index in [1.54, 1.807) is 0 Å². The number of nitrogens with zero attached hydrogens (tertiary/aromatic N) is 1. The molecule has 29 heavy (non-hydrogen) atoms. The Morgan fingerprint density at radius 3 is 2.66 bits per heavy atom. The summed E-state index contributed by atoms with van der Waals surface area (Å²) < 4.78 is 26.0. The molecule has 1 aliphatic carbocycles. The first kappa shape index (κ1) is 18.1. The molecule has 7 heteroatoms. The van der Waals surface area contributed by atoms with E-state index >= 15 is 0 Å². The lowest BCUT2D eigenvalue weighted by molar-refractivity contribution is -0.131. The fourth-order valence-corrected chi connectivity index (χ4v) is 4.48. The van der Waals surface area contributed by atoms with Crippen molar-refractivity contribution in [3.8, 4) is 5.75 Å². The normalized spacial score (nSPS) is 22.5. The summed E-state index contributed by atoms with van der Waals surface area (Å²) >= 11 is 0. The molecule has 1 saturated heterocycles. The third-order valence-electron chi connectivity index (χ3n) is 5.93. The van der Waals surface area contributed by atoms with Crippen LogP contribution in [0.3, 0.4) is 0 Å². The number of carbonyl (C=O) groups is 2. The van der Waals surface area contributed by atoms with Crippen LogP contribution in [-0.2, 0) is 22.7 Å². The lowest BCUT2D eigenvalue weighted by Gasteiger charge is -2.29. The molecule has 2 fully saturated rings. The summed E-state index contributed by atoms with van der Waals surface area (Å²) in [6.07, 6.45) is 2.49. The van der Waals surface area contributed by atoms with Crippen molar-refractivity contribution >= 4 is 11.9 Å². The van der Waals surface area contributed by atoms with Crippen LogP contribution in [0.2, 0.25) is 0 Å². The predicted molar refractivity (Wildman–Crippen MR) is 101 cm³/mol. The maximum absolute atomic E-state index is 14.2. The Morgan fingerprint density at radius 1 is 1.14 bits per heavy atom. The molecule has 2 heterocycles. The number of hydrogen-bond donors (Lipinski definition) is 1. The van der Waals surface area contributed by atoms with Crippen molar-refractivity contribution in [1.82, 2.24) is 10.2 Å². The van der Waals surface area contributed by atoms with Crippen LogP contribution in [-0.4, -0.2) is 22.4 Å². The van der Waals surface area contributed by atoms with Gasteiger partial charge in [-0.05, 0) is 25.0 Å². The van der Waals surface area contributed by atoms with Crippen molar-refractivity contribution in [2.75, 3.05) is 0 Å². The van der Waals surface area contributed by atoms with Crippen LogP contribution in [0.1, 0.15) is 48.7 Å². The average Bonchev–Trinajstić information content (AvgIpc) is 3.29. The number of nitrogens with one attached hydrogen (secondary N) is 1. The molecule has 2 aromatic carbocycles. The number of ether oxygens (including phenoxy) is 2. The molecular formula is C22H21FN2O4. The zero-order valence-electron chi connectivity index (χ0n) is 15.8. The van der Waals surface area contributed by atoms with Gasteiger partial charge in [0.2, 0.25) is 6.29 Å². The zero-order chi connectivity index (χ0) is 20.0. The van der Waals surface area contributed by atoms with E-state index in [0.717, 1.165) is 18.4 Å². The van der Waals surface area contributed by atoms with Gasteiger partial charge in [-0.2, -0.15) is 0 Å². The summed E-state index contributed by atoms with van der Waals surface area (Å²) in [6.45, 7) is 0.151. The number of rotatable bonds is 3. The first-order valence-electron chi connectivity index (χ1n) is 9.84. The van der Waals surface area contributed by atoms with Gasteiger partial charge in [0, 0.05) is 16.7 Å². The first-order chi connectivity index (χ1) is 14.1. The summed E-state index contributed by atoms with van der Waals surface area (Å²) in [5.74, 6) is -0.212. The van der Waals surface area contributed by atoms with Crippen molar-refractivity contribution in [1.29, 1.82) is 0 Å². The molecule has 1 saturated carbocycles. The average molecular weight is 396 g/mol. The minimum Gasteiger partial charge on any atom is -0.460 e. The highest BCUT2D eigenvalue weighted by Crippen LogP contribution is 2.39. The zero-order valence-corrected chi connectivity index (χ0v) is 15.8. The smallest absolute Gasteiger partial charge is 0.325 e. The summed E-state index contributed by atoms with van der Waals surface area (Å²) in [5, 5.41) is 2.86. The molecule has 1 atom stereocenters. The van der Waals surface area contributed by atoms with Crippen LogP contribution in [0, 0.1) is 5.82 Å². The Labute approximate surface area is 167 Å². The Balaban J connectivity index is 1.45. The Hall–Kier alpha value is -2.93. The number of urea groups is 1. The number of amides is 3. The molecule has 6 nitrogen and oxygen atoms in total. The minimum atomic E-state index is -0.791. The molecule has 2 aromatic rings. The molecule has 0 aromatic heterocycles. The SMILES string of the molecule is O=C1NC2(CCCC2)C(=O)N1Cc1cc(F)cc2c1OC(c1ccccc1)OC2. The monoisotopic (exact) mass is 396 g/mol. The highest BCUT2D eigenvalue weighted by Gasteiger charge is 2.52. The van der Waals surface area contributed by atoms with Gasteiger partial charge in [0.05, 0.1) is 13.2 Å². The molecule has 1 N–H and O–H groups in total. The standard InChI is InChI=1S/C22H21FN2O4/c23-17-10-15(12-25-20(26)22(24-21(25)27)8-4-5-9-22)18-16(11-17)13-28-19(29-18)14-6-2-1-3-7-14/h1-3,6-7,10-11,19H,4-5,8-9,12-13H2,(H,24,27). The number of hydrogen-bond acceptors (Lipinski definition) is 4. The van der Waals surface area contributed by atoms with Gasteiger partial charge in [0.15, 0.2) is 0 Å². The second kappa shape index (κ2) is 6.84. The van der Waals surface area contributed by atoms with E-state index in [1.165, 1.54) is 17.0 Å². The Kier molecular flexibility index (Phi) is 4.28. The third kappa shape index (κ3) is 3.06. The van der Waals surface area contributed by atoms with Gasteiger partial charge in [0.25, 0.3) is 5.91 Å². The Morgan fingerprint density at radius 2 is 1.90 bits per heavy atom. The van der Waals surface area contributed by atoms with Gasteiger partial charge in [0.1, 0.15) is 17.1 Å². The second-order valence-corrected chi connectivity index (χ2v) is 7.84. The number of imide groups is 1. The molecule has 150 valence electrons. The van der Waals surface area contributed by atoms with E-state index in [9.17, 15) is 14.0 Å². The molecule has 0 radical (unpaired) electrons. The van der Waals surface area contributed by atoms with E-state index in [-0.39, 0.29) is 19.1 Å². The van der Waals surface area contributed by atoms with Crippen LogP contribution >= 0.6 is 0 Å². The highest BCUT2D eigenvalue weighted by molar-refractivity contribution is 6.07. The fraction of sp³-hybridized carbons (Fsp3) is 0.364. The summed E-state index contributed by atoms with van der Waals surface area (Å²) in [6, 6.07) is 11.7. The fourth-order valence-electron chi connectivity index (χ4n) is 4.48. The first-order valence-corrected chi connectivity index (χ1v) is 9.84. The lowest BCUT2D eigenvalue weighted by atomic mass is 9.98. The molecule has 2 aliphatic heterocycles. The van der Waals surface area contributed by atoms with Crippen LogP contribution in [0.4, 0.5) is 9.18 Å². The van der Waals surface area contributed by atoms with Gasteiger partial charge in [-0.3, -0.25) is 9.69 Å². The van der Waals surface area contributed by atoms with Gasteiger partial charge >= 0.3 is 6.03 Å². The van der Waals surface area contributed by atoms with Gasteiger partial charge in [-0.25, -0.2) is 9.18 Å². The maximum atomic E-state index is 14.2. The largest absolute Gasteiger partial charge is 0.460 e.